The van der Waals surface area contributed by atoms with Crippen LogP contribution in [-0.4, -0.2) is 70.5 Å². The fourth-order valence-electron chi connectivity index (χ4n) is 3.68. The molecule has 0 amide bonds. The highest BCUT2D eigenvalue weighted by Gasteiger charge is 2.30. The van der Waals surface area contributed by atoms with Gasteiger partial charge in [0.25, 0.3) is 0 Å². The minimum Gasteiger partial charge on any atom is -0.424 e. The quantitative estimate of drug-likeness (QED) is 0.805. The Labute approximate surface area is 158 Å². The molecule has 1 atom stereocenters. The second-order valence-electron chi connectivity index (χ2n) is 7.51. The normalized spacial score (nSPS) is 23.7. The number of morpholine rings is 1. The average Bonchev–Trinajstić information content (AvgIpc) is 3.31. The molecule has 2 aromatic heterocycles. The fraction of sp³-hybridized carbons (Fsp3) is 0.667. The van der Waals surface area contributed by atoms with Crippen LogP contribution in [-0.2, 0) is 11.3 Å². The highest BCUT2D eigenvalue weighted by molar-refractivity contribution is 5.43. The average molecular weight is 371 g/mol. The summed E-state index contributed by atoms with van der Waals surface area (Å²) in [7, 11) is 0. The fourth-order valence-corrected chi connectivity index (χ4v) is 3.68. The topological polar surface area (TPSA) is 92.4 Å². The Morgan fingerprint density at radius 1 is 1.11 bits per heavy atom. The van der Waals surface area contributed by atoms with Gasteiger partial charge >= 0.3 is 0 Å². The van der Waals surface area contributed by atoms with E-state index in [0.717, 1.165) is 63.4 Å². The van der Waals surface area contributed by atoms with E-state index in [1.165, 1.54) is 12.8 Å². The summed E-state index contributed by atoms with van der Waals surface area (Å²) in [5.74, 6) is 3.70. The van der Waals surface area contributed by atoms with Crippen molar-refractivity contribution in [2.24, 2.45) is 0 Å². The number of likely N-dealkylation sites (tertiary alicyclic amines) is 1. The zero-order chi connectivity index (χ0) is 18.1. The molecule has 0 spiro atoms. The number of nitrogens with zero attached hydrogens (tertiary/aromatic N) is 6. The third kappa shape index (κ3) is 4.03. The van der Waals surface area contributed by atoms with Crippen LogP contribution in [0.25, 0.3) is 0 Å². The molecule has 0 aromatic carbocycles. The van der Waals surface area contributed by atoms with E-state index in [0.29, 0.717) is 24.5 Å². The van der Waals surface area contributed by atoms with Crippen molar-refractivity contribution < 1.29 is 9.15 Å². The Morgan fingerprint density at radius 3 is 2.85 bits per heavy atom. The Bertz CT molecular complexity index is 773. The molecule has 3 aliphatic rings. The van der Waals surface area contributed by atoms with Gasteiger partial charge in [0.05, 0.1) is 19.8 Å². The van der Waals surface area contributed by atoms with Gasteiger partial charge in [-0.3, -0.25) is 4.90 Å². The number of hydrogen-bond acceptors (Lipinski definition) is 9. The molecular formula is C18H25N7O2. The number of rotatable bonds is 6. The lowest BCUT2D eigenvalue weighted by Gasteiger charge is -2.28. The lowest BCUT2D eigenvalue weighted by molar-refractivity contribution is 0.122. The summed E-state index contributed by atoms with van der Waals surface area (Å²) in [5.41, 5.74) is 0. The lowest BCUT2D eigenvalue weighted by Crippen LogP contribution is -2.37. The standard InChI is InChI=1S/C18H25N7O2/c1-2-13(1)17-23-22-16(27-17)12-24-6-4-14(11-24)20-18-19-5-3-15(21-18)25-7-9-26-10-8-25/h3,5,13-14H,1-2,4,6-12H2,(H,19,20,21). The summed E-state index contributed by atoms with van der Waals surface area (Å²) >= 11 is 0. The van der Waals surface area contributed by atoms with Gasteiger partial charge in [0.1, 0.15) is 5.82 Å². The molecule has 1 unspecified atom stereocenters. The monoisotopic (exact) mass is 371 g/mol. The van der Waals surface area contributed by atoms with Crippen LogP contribution in [0.4, 0.5) is 11.8 Å². The van der Waals surface area contributed by atoms with Crippen molar-refractivity contribution in [3.8, 4) is 0 Å². The number of ether oxygens (including phenoxy) is 1. The molecule has 9 nitrogen and oxygen atoms in total. The Balaban J connectivity index is 1.16. The van der Waals surface area contributed by atoms with Gasteiger partial charge in [-0.1, -0.05) is 0 Å². The van der Waals surface area contributed by atoms with Crippen LogP contribution in [0.1, 0.15) is 37.0 Å². The maximum atomic E-state index is 5.78. The van der Waals surface area contributed by atoms with E-state index in [9.17, 15) is 0 Å². The second kappa shape index (κ2) is 7.40. The third-order valence-corrected chi connectivity index (χ3v) is 5.35. The summed E-state index contributed by atoms with van der Waals surface area (Å²) in [6.45, 7) is 5.90. The smallest absolute Gasteiger partial charge is 0.230 e. The van der Waals surface area contributed by atoms with E-state index >= 15 is 0 Å². The van der Waals surface area contributed by atoms with Crippen LogP contribution in [0.2, 0.25) is 0 Å². The largest absolute Gasteiger partial charge is 0.424 e. The van der Waals surface area contributed by atoms with E-state index in [-0.39, 0.29) is 0 Å². The molecule has 4 heterocycles. The van der Waals surface area contributed by atoms with Gasteiger partial charge in [-0.25, -0.2) is 4.98 Å². The van der Waals surface area contributed by atoms with E-state index in [4.69, 9.17) is 9.15 Å². The van der Waals surface area contributed by atoms with Crippen molar-refractivity contribution in [3.05, 3.63) is 24.0 Å². The number of hydrogen-bond donors (Lipinski definition) is 1. The zero-order valence-electron chi connectivity index (χ0n) is 15.4. The summed E-state index contributed by atoms with van der Waals surface area (Å²) in [6, 6.07) is 2.29. The maximum absolute atomic E-state index is 5.78. The predicted molar refractivity (Wildman–Crippen MR) is 98.6 cm³/mol. The molecule has 2 saturated heterocycles. The van der Waals surface area contributed by atoms with E-state index < -0.39 is 0 Å². The highest BCUT2D eigenvalue weighted by Crippen LogP contribution is 2.39. The van der Waals surface area contributed by atoms with Crippen LogP contribution in [0.3, 0.4) is 0 Å². The Hall–Kier alpha value is -2.26. The van der Waals surface area contributed by atoms with Gasteiger partial charge in [-0.2, -0.15) is 4.98 Å². The molecule has 3 fully saturated rings. The first-order chi connectivity index (χ1) is 13.3. The van der Waals surface area contributed by atoms with E-state index in [1.54, 1.807) is 0 Å². The molecule has 144 valence electrons. The zero-order valence-corrected chi connectivity index (χ0v) is 15.4. The minimum atomic E-state index is 0.329. The lowest BCUT2D eigenvalue weighted by atomic mass is 10.3. The highest BCUT2D eigenvalue weighted by atomic mass is 16.5. The van der Waals surface area contributed by atoms with Crippen molar-refractivity contribution in [1.29, 1.82) is 0 Å². The van der Waals surface area contributed by atoms with Crippen LogP contribution >= 0.6 is 0 Å². The van der Waals surface area contributed by atoms with Gasteiger partial charge in [-0.15, -0.1) is 10.2 Å². The van der Waals surface area contributed by atoms with Crippen molar-refractivity contribution in [3.63, 3.8) is 0 Å². The molecular weight excluding hydrogens is 346 g/mol. The number of aromatic nitrogens is 4. The molecule has 0 radical (unpaired) electrons. The predicted octanol–water partition coefficient (Wildman–Crippen LogP) is 1.26. The molecule has 2 aliphatic heterocycles. The van der Waals surface area contributed by atoms with Crippen molar-refractivity contribution in [2.45, 2.75) is 37.8 Å². The van der Waals surface area contributed by atoms with Gasteiger partial charge in [0, 0.05) is 44.3 Å². The van der Waals surface area contributed by atoms with Crippen LogP contribution in [0, 0.1) is 0 Å². The minimum absolute atomic E-state index is 0.329. The summed E-state index contributed by atoms with van der Waals surface area (Å²) in [4.78, 5) is 13.7. The Kier molecular flexibility index (Phi) is 4.62. The van der Waals surface area contributed by atoms with Crippen LogP contribution < -0.4 is 10.2 Å². The molecule has 0 bridgehead atoms. The molecule has 2 aromatic rings. The van der Waals surface area contributed by atoms with Crippen LogP contribution in [0.15, 0.2) is 16.7 Å². The molecule has 1 saturated carbocycles. The van der Waals surface area contributed by atoms with Gasteiger partial charge in [0.2, 0.25) is 17.7 Å². The molecule has 5 rings (SSSR count). The first-order valence-electron chi connectivity index (χ1n) is 9.80. The summed E-state index contributed by atoms with van der Waals surface area (Å²) in [5, 5.41) is 11.8. The van der Waals surface area contributed by atoms with Crippen molar-refractivity contribution in [2.75, 3.05) is 49.6 Å². The van der Waals surface area contributed by atoms with E-state index in [2.05, 4.69) is 35.3 Å². The maximum Gasteiger partial charge on any atom is 0.230 e. The molecule has 1 aliphatic carbocycles. The SMILES string of the molecule is c1cc(N2CCOCC2)nc(NC2CCN(Cc3nnc(C4CC4)o3)C2)n1. The first-order valence-corrected chi connectivity index (χ1v) is 9.80. The van der Waals surface area contributed by atoms with Crippen LogP contribution in [0.5, 0.6) is 0 Å². The van der Waals surface area contributed by atoms with E-state index in [1.807, 2.05) is 12.3 Å². The number of nitrogens with one attached hydrogen (secondary N) is 1. The summed E-state index contributed by atoms with van der Waals surface area (Å²) in [6.07, 6.45) is 5.24. The first kappa shape index (κ1) is 16.9. The van der Waals surface area contributed by atoms with Gasteiger partial charge in [0.15, 0.2) is 0 Å². The molecule has 9 heteroatoms. The van der Waals surface area contributed by atoms with Crippen molar-refractivity contribution >= 4 is 11.8 Å². The number of anilines is 2. The Morgan fingerprint density at radius 2 is 2.00 bits per heavy atom. The van der Waals surface area contributed by atoms with Crippen molar-refractivity contribution in [1.82, 2.24) is 25.1 Å². The molecule has 1 N–H and O–H groups in total. The second-order valence-corrected chi connectivity index (χ2v) is 7.51. The molecule has 27 heavy (non-hydrogen) atoms. The summed E-state index contributed by atoms with van der Waals surface area (Å²) < 4.78 is 11.2. The van der Waals surface area contributed by atoms with Gasteiger partial charge < -0.3 is 19.4 Å². The third-order valence-electron chi connectivity index (χ3n) is 5.35. The van der Waals surface area contributed by atoms with Gasteiger partial charge in [-0.05, 0) is 25.3 Å².